The van der Waals surface area contributed by atoms with Gasteiger partial charge < -0.3 is 10.6 Å². The van der Waals surface area contributed by atoms with Crippen molar-refractivity contribution >= 4 is 27.5 Å². The minimum absolute atomic E-state index is 0.413. The Morgan fingerprint density at radius 3 is 2.45 bits per heavy atom. The highest BCUT2D eigenvalue weighted by molar-refractivity contribution is 9.10. The van der Waals surface area contributed by atoms with Crippen molar-refractivity contribution in [3.63, 3.8) is 0 Å². The molecule has 0 aliphatic rings. The Morgan fingerprint density at radius 1 is 1.15 bits per heavy atom. The van der Waals surface area contributed by atoms with Crippen molar-refractivity contribution in [3.8, 4) is 11.1 Å². The molecule has 0 atom stereocenters. The van der Waals surface area contributed by atoms with Crippen LogP contribution in [0.25, 0.3) is 11.1 Å². The predicted octanol–water partition coefficient (Wildman–Crippen LogP) is 3.59. The molecule has 0 heterocycles. The van der Waals surface area contributed by atoms with Gasteiger partial charge in [0, 0.05) is 35.4 Å². The van der Waals surface area contributed by atoms with E-state index in [4.69, 9.17) is 5.73 Å². The van der Waals surface area contributed by atoms with Gasteiger partial charge in [-0.3, -0.25) is 4.79 Å². The monoisotopic (exact) mass is 332 g/mol. The lowest BCUT2D eigenvalue weighted by molar-refractivity contribution is 0.100. The van der Waals surface area contributed by atoms with E-state index in [1.54, 1.807) is 6.07 Å². The molecular weight excluding hydrogens is 316 g/mol. The fraction of sp³-hybridized carbons (Fsp3) is 0.188. The Hall–Kier alpha value is -1.81. The van der Waals surface area contributed by atoms with Gasteiger partial charge in [-0.15, -0.1) is 0 Å². The Bertz CT molecular complexity index is 666. The number of carbonyl (C=O) groups is 1. The average molecular weight is 333 g/mol. The third-order valence-corrected chi connectivity index (χ3v) is 4.18. The summed E-state index contributed by atoms with van der Waals surface area (Å²) >= 11 is 3.55. The van der Waals surface area contributed by atoms with Crippen LogP contribution in [0.3, 0.4) is 0 Å². The van der Waals surface area contributed by atoms with Crippen molar-refractivity contribution in [1.29, 1.82) is 0 Å². The zero-order valence-corrected chi connectivity index (χ0v) is 13.4. The molecule has 0 saturated carbocycles. The first-order chi connectivity index (χ1) is 9.41. The molecular formula is C16H17BrN2O. The number of nitrogens with zero attached hydrogens (tertiary/aromatic N) is 1. The summed E-state index contributed by atoms with van der Waals surface area (Å²) in [7, 11) is 3.96. The lowest BCUT2D eigenvalue weighted by Crippen LogP contribution is -2.14. The predicted molar refractivity (Wildman–Crippen MR) is 87.2 cm³/mol. The second-order valence-corrected chi connectivity index (χ2v) is 5.76. The van der Waals surface area contributed by atoms with Crippen LogP contribution >= 0.6 is 15.9 Å². The molecule has 104 valence electrons. The third kappa shape index (κ3) is 2.70. The molecule has 0 aliphatic carbocycles. The SMILES string of the molecule is Cc1c(Br)cccc1-c1cc(C(N)=O)ccc1N(C)C. The van der Waals surface area contributed by atoms with Crippen LogP contribution in [0.5, 0.6) is 0 Å². The fourth-order valence-corrected chi connectivity index (χ4v) is 2.56. The summed E-state index contributed by atoms with van der Waals surface area (Å²) in [6.45, 7) is 2.05. The highest BCUT2D eigenvalue weighted by atomic mass is 79.9. The zero-order chi connectivity index (χ0) is 14.9. The fourth-order valence-electron chi connectivity index (χ4n) is 2.19. The average Bonchev–Trinajstić information content (AvgIpc) is 2.41. The van der Waals surface area contributed by atoms with Gasteiger partial charge in [-0.1, -0.05) is 28.1 Å². The van der Waals surface area contributed by atoms with E-state index in [1.165, 1.54) is 0 Å². The van der Waals surface area contributed by atoms with E-state index in [-0.39, 0.29) is 0 Å². The van der Waals surface area contributed by atoms with Crippen LogP contribution < -0.4 is 10.6 Å². The van der Waals surface area contributed by atoms with Crippen molar-refractivity contribution in [2.45, 2.75) is 6.92 Å². The molecule has 0 fully saturated rings. The van der Waals surface area contributed by atoms with Gasteiger partial charge in [0.2, 0.25) is 5.91 Å². The van der Waals surface area contributed by atoms with Crippen LogP contribution in [0.1, 0.15) is 15.9 Å². The summed E-state index contributed by atoms with van der Waals surface area (Å²) in [6, 6.07) is 11.6. The van der Waals surface area contributed by atoms with Gasteiger partial charge in [-0.25, -0.2) is 0 Å². The van der Waals surface area contributed by atoms with Crippen LogP contribution in [-0.4, -0.2) is 20.0 Å². The first kappa shape index (κ1) is 14.6. The quantitative estimate of drug-likeness (QED) is 0.933. The van der Waals surface area contributed by atoms with Crippen LogP contribution in [-0.2, 0) is 0 Å². The molecule has 0 radical (unpaired) electrons. The number of carbonyl (C=O) groups excluding carboxylic acids is 1. The molecule has 0 aliphatic heterocycles. The van der Waals surface area contributed by atoms with E-state index in [0.29, 0.717) is 5.56 Å². The third-order valence-electron chi connectivity index (χ3n) is 3.32. The molecule has 4 heteroatoms. The molecule has 3 nitrogen and oxygen atoms in total. The number of primary amides is 1. The summed E-state index contributed by atoms with van der Waals surface area (Å²) < 4.78 is 1.05. The van der Waals surface area contributed by atoms with E-state index in [1.807, 2.05) is 49.3 Å². The lowest BCUT2D eigenvalue weighted by atomic mass is 9.96. The Morgan fingerprint density at radius 2 is 1.85 bits per heavy atom. The standard InChI is InChI=1S/C16H17BrN2O/c1-10-12(5-4-6-14(10)17)13-9-11(16(18)20)7-8-15(13)19(2)3/h4-9H,1-3H3,(H2,18,20). The van der Waals surface area contributed by atoms with E-state index in [0.717, 1.165) is 26.9 Å². The van der Waals surface area contributed by atoms with Gasteiger partial charge in [0.05, 0.1) is 0 Å². The van der Waals surface area contributed by atoms with Gasteiger partial charge >= 0.3 is 0 Å². The number of halogens is 1. The molecule has 20 heavy (non-hydrogen) atoms. The van der Waals surface area contributed by atoms with Crippen LogP contribution in [0.2, 0.25) is 0 Å². The molecule has 2 N–H and O–H groups in total. The summed E-state index contributed by atoms with van der Waals surface area (Å²) in [5.74, 6) is -0.413. The minimum atomic E-state index is -0.413. The highest BCUT2D eigenvalue weighted by Gasteiger charge is 2.13. The summed E-state index contributed by atoms with van der Waals surface area (Å²) in [5.41, 5.74) is 10.2. The van der Waals surface area contributed by atoms with Crippen molar-refractivity contribution in [3.05, 3.63) is 52.0 Å². The Balaban J connectivity index is 2.72. The second-order valence-electron chi connectivity index (χ2n) is 4.90. The van der Waals surface area contributed by atoms with E-state index < -0.39 is 5.91 Å². The number of anilines is 1. The van der Waals surface area contributed by atoms with Gasteiger partial charge in [0.25, 0.3) is 0 Å². The van der Waals surface area contributed by atoms with Gasteiger partial charge in [-0.2, -0.15) is 0 Å². The van der Waals surface area contributed by atoms with Gasteiger partial charge in [-0.05, 0) is 42.3 Å². The van der Waals surface area contributed by atoms with Crippen molar-refractivity contribution in [2.75, 3.05) is 19.0 Å². The number of hydrogen-bond donors (Lipinski definition) is 1. The zero-order valence-electron chi connectivity index (χ0n) is 11.8. The van der Waals surface area contributed by atoms with Gasteiger partial charge in [0.1, 0.15) is 0 Å². The lowest BCUT2D eigenvalue weighted by Gasteiger charge is -2.20. The minimum Gasteiger partial charge on any atom is -0.377 e. The number of amides is 1. The van der Waals surface area contributed by atoms with Crippen molar-refractivity contribution < 1.29 is 4.79 Å². The first-order valence-electron chi connectivity index (χ1n) is 6.28. The van der Waals surface area contributed by atoms with E-state index in [9.17, 15) is 4.79 Å². The van der Waals surface area contributed by atoms with Crippen molar-refractivity contribution in [2.24, 2.45) is 5.73 Å². The Labute approximate surface area is 127 Å². The molecule has 2 aromatic rings. The first-order valence-corrected chi connectivity index (χ1v) is 7.07. The van der Waals surface area contributed by atoms with Crippen LogP contribution in [0.4, 0.5) is 5.69 Å². The summed E-state index contributed by atoms with van der Waals surface area (Å²) in [6.07, 6.45) is 0. The second kappa shape index (κ2) is 5.67. The molecule has 0 unspecified atom stereocenters. The highest BCUT2D eigenvalue weighted by Crippen LogP contribution is 2.35. The van der Waals surface area contributed by atoms with E-state index in [2.05, 4.69) is 22.9 Å². The van der Waals surface area contributed by atoms with Crippen molar-refractivity contribution in [1.82, 2.24) is 0 Å². The molecule has 0 saturated heterocycles. The molecule has 2 aromatic carbocycles. The smallest absolute Gasteiger partial charge is 0.248 e. The molecule has 2 rings (SSSR count). The Kier molecular flexibility index (Phi) is 4.14. The number of hydrogen-bond acceptors (Lipinski definition) is 2. The summed E-state index contributed by atoms with van der Waals surface area (Å²) in [5, 5.41) is 0. The van der Waals surface area contributed by atoms with Crippen LogP contribution in [0.15, 0.2) is 40.9 Å². The maximum absolute atomic E-state index is 11.4. The van der Waals surface area contributed by atoms with E-state index >= 15 is 0 Å². The summed E-state index contributed by atoms with van der Waals surface area (Å²) in [4.78, 5) is 13.4. The van der Waals surface area contributed by atoms with Gasteiger partial charge in [0.15, 0.2) is 0 Å². The number of rotatable bonds is 3. The molecule has 0 aromatic heterocycles. The van der Waals surface area contributed by atoms with Crippen LogP contribution in [0, 0.1) is 6.92 Å². The maximum atomic E-state index is 11.4. The maximum Gasteiger partial charge on any atom is 0.248 e. The largest absolute Gasteiger partial charge is 0.377 e. The number of nitrogens with two attached hydrogens (primary N) is 1. The topological polar surface area (TPSA) is 46.3 Å². The molecule has 0 bridgehead atoms. The molecule has 1 amide bonds. The number of benzene rings is 2. The molecule has 0 spiro atoms. The normalized spacial score (nSPS) is 10.4.